The topological polar surface area (TPSA) is 74.7 Å². The second-order valence-corrected chi connectivity index (χ2v) is 8.65. The van der Waals surface area contributed by atoms with Crippen molar-refractivity contribution in [3.63, 3.8) is 0 Å². The lowest BCUT2D eigenvalue weighted by molar-refractivity contribution is -0.146. The molecule has 0 aromatic carbocycles. The zero-order valence-electron chi connectivity index (χ0n) is 12.2. The fraction of sp³-hybridized carbons (Fsp3) is 0.929. The molecule has 116 valence electrons. The highest BCUT2D eigenvalue weighted by atomic mass is 32.2. The first-order valence-electron chi connectivity index (χ1n) is 7.55. The maximum absolute atomic E-state index is 12.3. The van der Waals surface area contributed by atoms with E-state index in [0.29, 0.717) is 18.9 Å². The molecular weight excluding hydrogens is 278 g/mol. The predicted molar refractivity (Wildman–Crippen MR) is 76.9 cm³/mol. The van der Waals surface area contributed by atoms with Crippen molar-refractivity contribution in [1.29, 1.82) is 0 Å². The molecule has 1 saturated carbocycles. The van der Waals surface area contributed by atoms with Crippen LogP contribution < -0.4 is 0 Å². The van der Waals surface area contributed by atoms with E-state index in [1.165, 1.54) is 23.6 Å². The number of sulfonamides is 1. The molecule has 2 aliphatic rings. The van der Waals surface area contributed by atoms with Crippen LogP contribution in [0.1, 0.15) is 51.9 Å². The van der Waals surface area contributed by atoms with Crippen molar-refractivity contribution in [2.45, 2.75) is 51.9 Å². The summed E-state index contributed by atoms with van der Waals surface area (Å²) >= 11 is 0. The standard InChI is InChI=1S/C14H25NO4S/c1-14(13(16)17)8-9-15(11-14)20(18,19)10-7-12-5-3-2-4-6-12/h12H,2-11H2,1H3,(H,16,17). The molecule has 5 nitrogen and oxygen atoms in total. The maximum atomic E-state index is 12.3. The third kappa shape index (κ3) is 3.52. The third-order valence-corrected chi connectivity index (χ3v) is 6.71. The van der Waals surface area contributed by atoms with Crippen LogP contribution in [0.4, 0.5) is 0 Å². The van der Waals surface area contributed by atoms with Crippen LogP contribution >= 0.6 is 0 Å². The minimum atomic E-state index is -3.29. The van der Waals surface area contributed by atoms with Crippen LogP contribution in [0, 0.1) is 11.3 Å². The summed E-state index contributed by atoms with van der Waals surface area (Å²) in [6.45, 7) is 2.09. The molecule has 0 radical (unpaired) electrons. The van der Waals surface area contributed by atoms with Crippen molar-refractivity contribution in [2.75, 3.05) is 18.8 Å². The van der Waals surface area contributed by atoms with E-state index in [2.05, 4.69) is 0 Å². The number of nitrogens with zero attached hydrogens (tertiary/aromatic N) is 1. The molecule has 0 spiro atoms. The van der Waals surface area contributed by atoms with Gasteiger partial charge in [-0.2, -0.15) is 0 Å². The Hall–Kier alpha value is -0.620. The van der Waals surface area contributed by atoms with E-state index in [1.807, 2.05) is 0 Å². The van der Waals surface area contributed by atoms with Crippen LogP contribution in [0.15, 0.2) is 0 Å². The average Bonchev–Trinajstić information content (AvgIpc) is 2.83. The van der Waals surface area contributed by atoms with Gasteiger partial charge in [-0.05, 0) is 25.7 Å². The van der Waals surface area contributed by atoms with Gasteiger partial charge in [0.1, 0.15) is 0 Å². The van der Waals surface area contributed by atoms with E-state index in [9.17, 15) is 13.2 Å². The van der Waals surface area contributed by atoms with Crippen LogP contribution in [0.2, 0.25) is 0 Å². The maximum Gasteiger partial charge on any atom is 0.310 e. The minimum Gasteiger partial charge on any atom is -0.481 e. The second kappa shape index (κ2) is 6.02. The quantitative estimate of drug-likeness (QED) is 0.844. The van der Waals surface area contributed by atoms with Gasteiger partial charge in [-0.15, -0.1) is 0 Å². The fourth-order valence-corrected chi connectivity index (χ4v) is 4.99. The Labute approximate surface area is 121 Å². The summed E-state index contributed by atoms with van der Waals surface area (Å²) in [4.78, 5) is 11.2. The summed E-state index contributed by atoms with van der Waals surface area (Å²) in [5, 5.41) is 9.17. The molecule has 0 amide bonds. The molecule has 2 fully saturated rings. The average molecular weight is 303 g/mol. The molecule has 0 aromatic heterocycles. The van der Waals surface area contributed by atoms with Crippen molar-refractivity contribution >= 4 is 16.0 Å². The number of carbonyl (C=O) groups is 1. The van der Waals surface area contributed by atoms with Gasteiger partial charge < -0.3 is 5.11 Å². The van der Waals surface area contributed by atoms with Gasteiger partial charge in [0.25, 0.3) is 0 Å². The van der Waals surface area contributed by atoms with Crippen molar-refractivity contribution < 1.29 is 18.3 Å². The van der Waals surface area contributed by atoms with Crippen LogP contribution in [-0.4, -0.2) is 42.6 Å². The molecule has 1 saturated heterocycles. The lowest BCUT2D eigenvalue weighted by Gasteiger charge is -2.23. The Balaban J connectivity index is 1.89. The van der Waals surface area contributed by atoms with Crippen LogP contribution in [0.3, 0.4) is 0 Å². The van der Waals surface area contributed by atoms with Crippen LogP contribution in [0.25, 0.3) is 0 Å². The SMILES string of the molecule is CC1(C(=O)O)CCN(S(=O)(=O)CCC2CCCCC2)C1. The normalized spacial score (nSPS) is 29.6. The van der Waals surface area contributed by atoms with E-state index in [1.54, 1.807) is 6.92 Å². The van der Waals surface area contributed by atoms with Crippen molar-refractivity contribution in [3.8, 4) is 0 Å². The van der Waals surface area contributed by atoms with Gasteiger partial charge in [0, 0.05) is 13.1 Å². The molecule has 1 unspecified atom stereocenters. The molecule has 1 heterocycles. The zero-order valence-corrected chi connectivity index (χ0v) is 13.0. The monoisotopic (exact) mass is 303 g/mol. The Morgan fingerprint density at radius 2 is 1.95 bits per heavy atom. The zero-order chi connectivity index (χ0) is 14.8. The predicted octanol–water partition coefficient (Wildman–Crippen LogP) is 2.08. The largest absolute Gasteiger partial charge is 0.481 e. The first-order chi connectivity index (χ1) is 9.33. The summed E-state index contributed by atoms with van der Waals surface area (Å²) in [7, 11) is -3.29. The lowest BCUT2D eigenvalue weighted by atomic mass is 9.88. The third-order valence-electron chi connectivity index (χ3n) is 4.86. The fourth-order valence-electron chi connectivity index (χ4n) is 3.25. The molecule has 0 bridgehead atoms. The van der Waals surface area contributed by atoms with Gasteiger partial charge in [-0.1, -0.05) is 32.1 Å². The molecule has 20 heavy (non-hydrogen) atoms. The molecule has 0 aromatic rings. The number of aliphatic carboxylic acids is 1. The highest BCUT2D eigenvalue weighted by Crippen LogP contribution is 2.33. The summed E-state index contributed by atoms with van der Waals surface area (Å²) in [5.74, 6) is -0.192. The highest BCUT2D eigenvalue weighted by molar-refractivity contribution is 7.89. The molecule has 6 heteroatoms. The van der Waals surface area contributed by atoms with Gasteiger partial charge >= 0.3 is 5.97 Å². The molecule has 1 aliphatic carbocycles. The molecule has 1 N–H and O–H groups in total. The van der Waals surface area contributed by atoms with Gasteiger partial charge in [-0.3, -0.25) is 4.79 Å². The Bertz CT molecular complexity index is 456. The van der Waals surface area contributed by atoms with Gasteiger partial charge in [0.15, 0.2) is 0 Å². The number of carboxylic acid groups (broad SMARTS) is 1. The molecule has 1 aliphatic heterocycles. The summed E-state index contributed by atoms with van der Waals surface area (Å²) in [6.07, 6.45) is 7.11. The number of hydrogen-bond donors (Lipinski definition) is 1. The van der Waals surface area contributed by atoms with Crippen molar-refractivity contribution in [3.05, 3.63) is 0 Å². The lowest BCUT2D eigenvalue weighted by Crippen LogP contribution is -2.36. The van der Waals surface area contributed by atoms with E-state index >= 15 is 0 Å². The van der Waals surface area contributed by atoms with E-state index in [0.717, 1.165) is 19.3 Å². The van der Waals surface area contributed by atoms with Gasteiger partial charge in [0.05, 0.1) is 11.2 Å². The Morgan fingerprint density at radius 3 is 2.50 bits per heavy atom. The summed E-state index contributed by atoms with van der Waals surface area (Å²) in [5.41, 5.74) is -0.919. The molecule has 2 rings (SSSR count). The van der Waals surface area contributed by atoms with Crippen molar-refractivity contribution in [1.82, 2.24) is 4.31 Å². The Morgan fingerprint density at radius 1 is 1.30 bits per heavy atom. The number of rotatable bonds is 5. The summed E-state index contributed by atoms with van der Waals surface area (Å²) < 4.78 is 26.0. The highest BCUT2D eigenvalue weighted by Gasteiger charge is 2.44. The van der Waals surface area contributed by atoms with Crippen LogP contribution in [0.5, 0.6) is 0 Å². The van der Waals surface area contributed by atoms with Crippen molar-refractivity contribution in [2.24, 2.45) is 11.3 Å². The van der Waals surface area contributed by atoms with E-state index in [-0.39, 0.29) is 12.3 Å². The minimum absolute atomic E-state index is 0.120. The van der Waals surface area contributed by atoms with E-state index < -0.39 is 21.4 Å². The van der Waals surface area contributed by atoms with Crippen LogP contribution in [-0.2, 0) is 14.8 Å². The first kappa shape index (κ1) is 15.8. The van der Waals surface area contributed by atoms with Gasteiger partial charge in [0.2, 0.25) is 10.0 Å². The first-order valence-corrected chi connectivity index (χ1v) is 9.16. The Kier molecular flexibility index (Phi) is 4.74. The molecular formula is C14H25NO4S. The summed E-state index contributed by atoms with van der Waals surface area (Å²) in [6, 6.07) is 0. The molecule has 1 atom stereocenters. The number of carboxylic acids is 1. The number of hydrogen-bond acceptors (Lipinski definition) is 3. The van der Waals surface area contributed by atoms with E-state index in [4.69, 9.17) is 5.11 Å². The van der Waals surface area contributed by atoms with Gasteiger partial charge in [-0.25, -0.2) is 12.7 Å². The smallest absolute Gasteiger partial charge is 0.310 e. The second-order valence-electron chi connectivity index (χ2n) is 6.56.